The molecule has 0 amide bonds. The molecule has 0 aromatic heterocycles. The number of ether oxygens (including phenoxy) is 1. The van der Waals surface area contributed by atoms with Crippen LogP contribution < -0.4 is 5.32 Å². The van der Waals surface area contributed by atoms with Crippen molar-refractivity contribution in [2.45, 2.75) is 19.1 Å². The number of carbonyl (C=O) groups is 1. The fourth-order valence-electron chi connectivity index (χ4n) is 1.01. The van der Waals surface area contributed by atoms with Crippen molar-refractivity contribution in [2.24, 2.45) is 0 Å². The van der Waals surface area contributed by atoms with Crippen LogP contribution in [0.1, 0.15) is 6.92 Å². The number of nitrogens with one attached hydrogen (secondary N) is 1. The summed E-state index contributed by atoms with van der Waals surface area (Å²) in [5.41, 5.74) is 0. The van der Waals surface area contributed by atoms with Crippen molar-refractivity contribution in [3.05, 3.63) is 0 Å². The minimum Gasteiger partial charge on any atom is -0.480 e. The Morgan fingerprint density at radius 2 is 2.50 bits per heavy atom. The minimum atomic E-state index is -0.841. The Bertz CT molecular complexity index is 137. The lowest BCUT2D eigenvalue weighted by Crippen LogP contribution is -2.51. The van der Waals surface area contributed by atoms with Crippen LogP contribution in [-0.2, 0) is 9.53 Å². The average Bonchev–Trinajstić information content (AvgIpc) is 1.88. The van der Waals surface area contributed by atoms with E-state index in [1.54, 1.807) is 6.92 Å². The summed E-state index contributed by atoms with van der Waals surface area (Å²) in [7, 11) is 0. The van der Waals surface area contributed by atoms with Crippen LogP contribution in [0.4, 0.5) is 0 Å². The number of aliphatic carboxylic acids is 1. The molecule has 58 valence electrons. The first-order valence-electron chi connectivity index (χ1n) is 3.29. The second-order valence-electron chi connectivity index (χ2n) is 2.35. The Morgan fingerprint density at radius 1 is 1.80 bits per heavy atom. The van der Waals surface area contributed by atoms with Gasteiger partial charge in [-0.2, -0.15) is 0 Å². The Hall–Kier alpha value is -0.610. The predicted octanol–water partition coefficient (Wildman–Crippen LogP) is -0.552. The summed E-state index contributed by atoms with van der Waals surface area (Å²) >= 11 is 0. The molecular weight excluding hydrogens is 134 g/mol. The Balaban J connectivity index is 2.47. The summed E-state index contributed by atoms with van der Waals surface area (Å²) in [6.45, 7) is 2.98. The highest BCUT2D eigenvalue weighted by atomic mass is 16.5. The molecule has 0 aromatic carbocycles. The second-order valence-corrected chi connectivity index (χ2v) is 2.35. The van der Waals surface area contributed by atoms with Crippen LogP contribution in [-0.4, -0.2) is 36.4 Å². The van der Waals surface area contributed by atoms with Crippen molar-refractivity contribution < 1.29 is 14.6 Å². The van der Waals surface area contributed by atoms with Crippen LogP contribution in [0.3, 0.4) is 0 Å². The van der Waals surface area contributed by atoms with Crippen molar-refractivity contribution in [1.82, 2.24) is 5.32 Å². The Kier molecular flexibility index (Phi) is 2.24. The fraction of sp³-hybridized carbons (Fsp3) is 0.833. The van der Waals surface area contributed by atoms with Gasteiger partial charge in [-0.15, -0.1) is 0 Å². The minimum absolute atomic E-state index is 0.216. The van der Waals surface area contributed by atoms with E-state index in [0.717, 1.165) is 0 Å². The molecule has 0 aromatic rings. The third-order valence-electron chi connectivity index (χ3n) is 1.58. The van der Waals surface area contributed by atoms with Crippen LogP contribution in [0, 0.1) is 0 Å². The van der Waals surface area contributed by atoms with Crippen molar-refractivity contribution in [1.29, 1.82) is 0 Å². The Labute approximate surface area is 59.2 Å². The van der Waals surface area contributed by atoms with E-state index in [1.165, 1.54) is 0 Å². The highest BCUT2D eigenvalue weighted by molar-refractivity contribution is 5.74. The molecule has 0 unspecified atom stereocenters. The zero-order valence-corrected chi connectivity index (χ0v) is 5.83. The largest absolute Gasteiger partial charge is 0.480 e. The molecule has 0 saturated carbocycles. The first-order chi connectivity index (χ1) is 4.72. The maximum absolute atomic E-state index is 10.4. The number of carboxylic acid groups (broad SMARTS) is 1. The van der Waals surface area contributed by atoms with E-state index in [9.17, 15) is 4.79 Å². The summed E-state index contributed by atoms with van der Waals surface area (Å²) < 4.78 is 5.11. The van der Waals surface area contributed by atoms with Crippen LogP contribution in [0.5, 0.6) is 0 Å². The first kappa shape index (κ1) is 7.50. The van der Waals surface area contributed by atoms with Crippen LogP contribution >= 0.6 is 0 Å². The molecule has 1 fully saturated rings. The zero-order chi connectivity index (χ0) is 7.56. The standard InChI is InChI=1S/C6H11NO3/c1-4-5(6(8)9)7-2-3-10-4/h4-5,7H,2-3H2,1H3,(H,8,9)/t4-,5+/m0/s1. The van der Waals surface area contributed by atoms with Gasteiger partial charge in [-0.25, -0.2) is 0 Å². The van der Waals surface area contributed by atoms with E-state index in [4.69, 9.17) is 9.84 Å². The summed E-state index contributed by atoms with van der Waals surface area (Å²) in [6, 6.07) is -0.534. The molecule has 2 N–H and O–H groups in total. The van der Waals surface area contributed by atoms with Crippen molar-refractivity contribution >= 4 is 5.97 Å². The summed E-state index contributed by atoms with van der Waals surface area (Å²) in [4.78, 5) is 10.4. The molecule has 1 saturated heterocycles. The van der Waals surface area contributed by atoms with Gasteiger partial charge >= 0.3 is 5.97 Å². The molecule has 2 atom stereocenters. The van der Waals surface area contributed by atoms with Crippen LogP contribution in [0.15, 0.2) is 0 Å². The first-order valence-corrected chi connectivity index (χ1v) is 3.29. The molecule has 0 aliphatic carbocycles. The number of hydrogen-bond donors (Lipinski definition) is 2. The highest BCUT2D eigenvalue weighted by Gasteiger charge is 2.27. The summed E-state index contributed by atoms with van der Waals surface area (Å²) in [6.07, 6.45) is -0.216. The molecule has 0 bridgehead atoms. The van der Waals surface area contributed by atoms with E-state index in [1.807, 2.05) is 0 Å². The van der Waals surface area contributed by atoms with Gasteiger partial charge in [-0.3, -0.25) is 10.1 Å². The van der Waals surface area contributed by atoms with Crippen molar-refractivity contribution in [3.8, 4) is 0 Å². The van der Waals surface area contributed by atoms with Gasteiger partial charge in [0.05, 0.1) is 12.7 Å². The maximum Gasteiger partial charge on any atom is 0.323 e. The number of morpholine rings is 1. The normalized spacial score (nSPS) is 33.7. The molecule has 1 heterocycles. The topological polar surface area (TPSA) is 58.6 Å². The molecule has 0 spiro atoms. The lowest BCUT2D eigenvalue weighted by Gasteiger charge is -2.26. The molecule has 10 heavy (non-hydrogen) atoms. The second kappa shape index (κ2) is 2.98. The highest BCUT2D eigenvalue weighted by Crippen LogP contribution is 2.02. The van der Waals surface area contributed by atoms with Crippen LogP contribution in [0.2, 0.25) is 0 Å². The Morgan fingerprint density at radius 3 is 2.90 bits per heavy atom. The van der Waals surface area contributed by atoms with E-state index in [-0.39, 0.29) is 6.10 Å². The van der Waals surface area contributed by atoms with E-state index in [0.29, 0.717) is 13.2 Å². The number of hydrogen-bond acceptors (Lipinski definition) is 3. The van der Waals surface area contributed by atoms with E-state index in [2.05, 4.69) is 5.32 Å². The van der Waals surface area contributed by atoms with Crippen LogP contribution in [0.25, 0.3) is 0 Å². The quantitative estimate of drug-likeness (QED) is 0.519. The predicted molar refractivity (Wildman–Crippen MR) is 34.8 cm³/mol. The van der Waals surface area contributed by atoms with Gasteiger partial charge in [0.15, 0.2) is 0 Å². The molecule has 4 heteroatoms. The molecule has 1 aliphatic heterocycles. The average molecular weight is 145 g/mol. The van der Waals surface area contributed by atoms with Crippen molar-refractivity contribution in [2.75, 3.05) is 13.2 Å². The number of carboxylic acids is 1. The van der Waals surface area contributed by atoms with Crippen molar-refractivity contribution in [3.63, 3.8) is 0 Å². The van der Waals surface area contributed by atoms with Gasteiger partial charge in [0.25, 0.3) is 0 Å². The zero-order valence-electron chi connectivity index (χ0n) is 5.83. The smallest absolute Gasteiger partial charge is 0.323 e. The monoisotopic (exact) mass is 145 g/mol. The fourth-order valence-corrected chi connectivity index (χ4v) is 1.01. The molecule has 1 rings (SSSR count). The van der Waals surface area contributed by atoms with Gasteiger partial charge in [0.1, 0.15) is 6.04 Å². The SMILES string of the molecule is C[C@@H]1OCCN[C@H]1C(=O)O. The van der Waals surface area contributed by atoms with Gasteiger partial charge in [-0.1, -0.05) is 0 Å². The van der Waals surface area contributed by atoms with Gasteiger partial charge in [0, 0.05) is 6.54 Å². The number of rotatable bonds is 1. The summed E-state index contributed by atoms with van der Waals surface area (Å²) in [5, 5.41) is 11.4. The molecular formula is C6H11NO3. The lowest BCUT2D eigenvalue weighted by atomic mass is 10.1. The van der Waals surface area contributed by atoms with E-state index < -0.39 is 12.0 Å². The van der Waals surface area contributed by atoms with Gasteiger partial charge in [-0.05, 0) is 6.92 Å². The lowest BCUT2D eigenvalue weighted by molar-refractivity contribution is -0.145. The van der Waals surface area contributed by atoms with E-state index >= 15 is 0 Å². The third-order valence-corrected chi connectivity index (χ3v) is 1.58. The third kappa shape index (κ3) is 1.46. The molecule has 1 aliphatic rings. The summed E-state index contributed by atoms with van der Waals surface area (Å²) in [5.74, 6) is -0.841. The molecule has 4 nitrogen and oxygen atoms in total. The molecule has 0 radical (unpaired) electrons. The van der Waals surface area contributed by atoms with Gasteiger partial charge < -0.3 is 9.84 Å². The van der Waals surface area contributed by atoms with Gasteiger partial charge in [0.2, 0.25) is 0 Å². The maximum atomic E-state index is 10.4.